The molecule has 0 aliphatic carbocycles. The van der Waals surface area contributed by atoms with Gasteiger partial charge in [-0.15, -0.1) is 0 Å². The van der Waals surface area contributed by atoms with Crippen LogP contribution in [0, 0.1) is 11.6 Å². The van der Waals surface area contributed by atoms with Crippen LogP contribution in [0.5, 0.6) is 11.5 Å². The topological polar surface area (TPSA) is 38.8 Å². The van der Waals surface area contributed by atoms with Gasteiger partial charge in [-0.3, -0.25) is 4.79 Å². The maximum atomic E-state index is 14.2. The largest absolute Gasteiger partial charge is 0.486 e. The molecule has 3 aliphatic heterocycles. The predicted molar refractivity (Wildman–Crippen MR) is 98.7 cm³/mol. The molecule has 2 bridgehead atoms. The molecule has 0 N–H and O–H groups in total. The molecule has 1 amide bonds. The molecule has 4 nitrogen and oxygen atoms in total. The monoisotopic (exact) mass is 385 g/mol. The zero-order valence-corrected chi connectivity index (χ0v) is 15.4. The fourth-order valence-corrected chi connectivity index (χ4v) is 4.97. The van der Waals surface area contributed by atoms with Gasteiger partial charge < -0.3 is 14.4 Å². The molecule has 0 aromatic heterocycles. The van der Waals surface area contributed by atoms with Gasteiger partial charge in [0.05, 0.1) is 0 Å². The first-order valence-corrected chi connectivity index (χ1v) is 9.78. The number of fused-ring (bicyclic) bond motifs is 3. The van der Waals surface area contributed by atoms with Crippen molar-refractivity contribution in [1.29, 1.82) is 0 Å². The summed E-state index contributed by atoms with van der Waals surface area (Å²) in [4.78, 5) is 15.1. The summed E-state index contributed by atoms with van der Waals surface area (Å²) in [5.74, 6) is 0.0271. The summed E-state index contributed by atoms with van der Waals surface area (Å²) in [6, 6.07) is 9.29. The van der Waals surface area contributed by atoms with Crippen molar-refractivity contribution in [3.8, 4) is 11.5 Å². The number of benzene rings is 2. The second-order valence-corrected chi connectivity index (χ2v) is 7.76. The third-order valence-corrected chi connectivity index (χ3v) is 6.16. The highest BCUT2D eigenvalue weighted by Crippen LogP contribution is 2.45. The molecule has 3 aliphatic rings. The smallest absolute Gasteiger partial charge is 0.254 e. The number of nitrogens with zero attached hydrogens (tertiary/aromatic N) is 1. The second-order valence-electron chi connectivity index (χ2n) is 7.76. The van der Waals surface area contributed by atoms with Crippen LogP contribution >= 0.6 is 0 Å². The van der Waals surface area contributed by atoms with Crippen molar-refractivity contribution >= 4 is 5.91 Å². The van der Waals surface area contributed by atoms with Crippen LogP contribution in [0.4, 0.5) is 8.78 Å². The van der Waals surface area contributed by atoms with Gasteiger partial charge in [0.15, 0.2) is 11.5 Å². The molecule has 146 valence electrons. The molecule has 2 unspecified atom stereocenters. The van der Waals surface area contributed by atoms with Gasteiger partial charge in [0.1, 0.15) is 24.8 Å². The average molecular weight is 385 g/mol. The van der Waals surface area contributed by atoms with E-state index in [-0.39, 0.29) is 29.5 Å². The van der Waals surface area contributed by atoms with E-state index < -0.39 is 11.6 Å². The number of hydrogen-bond donors (Lipinski definition) is 0. The second kappa shape index (κ2) is 6.76. The normalized spacial score (nSPS) is 25.6. The lowest BCUT2D eigenvalue weighted by Gasteiger charge is -2.39. The molecule has 2 fully saturated rings. The van der Waals surface area contributed by atoms with E-state index in [0.29, 0.717) is 43.1 Å². The Morgan fingerprint density at radius 1 is 0.929 bits per heavy atom. The Morgan fingerprint density at radius 2 is 1.57 bits per heavy atom. The minimum atomic E-state index is -0.490. The highest BCUT2D eigenvalue weighted by atomic mass is 19.1. The molecular weight excluding hydrogens is 364 g/mol. The number of amides is 1. The summed E-state index contributed by atoms with van der Waals surface area (Å²) >= 11 is 0. The molecule has 2 aromatic carbocycles. The van der Waals surface area contributed by atoms with Crippen molar-refractivity contribution in [2.45, 2.75) is 43.7 Å². The number of carbonyl (C=O) groups excluding carboxylic acids is 1. The standard InChI is InChI=1S/C22H21F2NO3/c23-17-2-1-3-18(24)21(17)14-10-15-5-6-16(11-14)25(15)22(26)13-4-7-19-20(12-13)28-9-8-27-19/h1-4,7,12,14-16H,5-6,8-11H2. The van der Waals surface area contributed by atoms with E-state index in [1.807, 2.05) is 4.90 Å². The Kier molecular flexibility index (Phi) is 4.22. The summed E-state index contributed by atoms with van der Waals surface area (Å²) in [6.07, 6.45) is 2.91. The number of ether oxygens (including phenoxy) is 2. The van der Waals surface area contributed by atoms with Crippen LogP contribution in [-0.2, 0) is 0 Å². The summed E-state index contributed by atoms with van der Waals surface area (Å²) in [5.41, 5.74) is 0.738. The fraction of sp³-hybridized carbons (Fsp3) is 0.409. The lowest BCUT2D eigenvalue weighted by Crippen LogP contribution is -2.46. The summed E-state index contributed by atoms with van der Waals surface area (Å²) in [5, 5.41) is 0. The van der Waals surface area contributed by atoms with Gasteiger partial charge in [-0.25, -0.2) is 8.78 Å². The van der Waals surface area contributed by atoms with Crippen molar-refractivity contribution in [2.75, 3.05) is 13.2 Å². The SMILES string of the molecule is O=C(c1ccc2c(c1)OCCO2)N1C2CCC1CC(c1c(F)cccc1F)C2. The van der Waals surface area contributed by atoms with Crippen LogP contribution in [0.1, 0.15) is 47.5 Å². The number of halogens is 2. The Balaban J connectivity index is 1.39. The summed E-state index contributed by atoms with van der Waals surface area (Å²) in [6.45, 7) is 0.972. The number of rotatable bonds is 2. The maximum absolute atomic E-state index is 14.2. The van der Waals surface area contributed by atoms with Gasteiger partial charge in [0, 0.05) is 23.2 Å². The van der Waals surface area contributed by atoms with E-state index in [1.54, 1.807) is 18.2 Å². The third kappa shape index (κ3) is 2.82. The van der Waals surface area contributed by atoms with Crippen molar-refractivity contribution in [2.24, 2.45) is 0 Å². The van der Waals surface area contributed by atoms with Crippen LogP contribution in [-0.4, -0.2) is 36.1 Å². The minimum absolute atomic E-state index is 0.00320. The van der Waals surface area contributed by atoms with Crippen molar-refractivity contribution < 1.29 is 23.0 Å². The molecule has 28 heavy (non-hydrogen) atoms. The van der Waals surface area contributed by atoms with Gasteiger partial charge in [0.25, 0.3) is 5.91 Å². The number of piperidine rings is 1. The van der Waals surface area contributed by atoms with Gasteiger partial charge in [-0.05, 0) is 61.9 Å². The molecule has 5 rings (SSSR count). The first-order chi connectivity index (χ1) is 13.6. The highest BCUT2D eigenvalue weighted by molar-refractivity contribution is 5.95. The maximum Gasteiger partial charge on any atom is 0.254 e. The quantitative estimate of drug-likeness (QED) is 0.774. The zero-order valence-electron chi connectivity index (χ0n) is 15.4. The lowest BCUT2D eigenvalue weighted by atomic mass is 9.84. The van der Waals surface area contributed by atoms with Crippen molar-refractivity contribution in [3.05, 3.63) is 59.2 Å². The molecule has 0 saturated carbocycles. The summed E-state index contributed by atoms with van der Waals surface area (Å²) in [7, 11) is 0. The van der Waals surface area contributed by atoms with Gasteiger partial charge in [0.2, 0.25) is 0 Å². The first kappa shape index (κ1) is 17.5. The van der Waals surface area contributed by atoms with E-state index in [4.69, 9.17) is 9.47 Å². The van der Waals surface area contributed by atoms with Crippen LogP contribution in [0.15, 0.2) is 36.4 Å². The molecule has 2 saturated heterocycles. The van der Waals surface area contributed by atoms with Gasteiger partial charge in [-0.2, -0.15) is 0 Å². The average Bonchev–Trinajstić information content (AvgIpc) is 2.97. The van der Waals surface area contributed by atoms with E-state index in [1.165, 1.54) is 18.2 Å². The number of carbonyl (C=O) groups is 1. The third-order valence-electron chi connectivity index (χ3n) is 6.16. The van der Waals surface area contributed by atoms with Crippen molar-refractivity contribution in [1.82, 2.24) is 4.90 Å². The van der Waals surface area contributed by atoms with E-state index in [2.05, 4.69) is 0 Å². The molecule has 0 spiro atoms. The fourth-order valence-electron chi connectivity index (χ4n) is 4.97. The first-order valence-electron chi connectivity index (χ1n) is 9.78. The highest BCUT2D eigenvalue weighted by Gasteiger charge is 2.44. The van der Waals surface area contributed by atoms with Gasteiger partial charge >= 0.3 is 0 Å². The molecule has 2 aromatic rings. The van der Waals surface area contributed by atoms with Crippen LogP contribution in [0.25, 0.3) is 0 Å². The Bertz CT molecular complexity index is 898. The Hall–Kier alpha value is -2.63. The molecular formula is C22H21F2NO3. The van der Waals surface area contributed by atoms with Crippen LogP contribution in [0.3, 0.4) is 0 Å². The van der Waals surface area contributed by atoms with E-state index in [0.717, 1.165) is 12.8 Å². The minimum Gasteiger partial charge on any atom is -0.486 e. The molecule has 6 heteroatoms. The van der Waals surface area contributed by atoms with Crippen LogP contribution in [0.2, 0.25) is 0 Å². The molecule has 0 radical (unpaired) electrons. The van der Waals surface area contributed by atoms with E-state index >= 15 is 0 Å². The molecule has 2 atom stereocenters. The van der Waals surface area contributed by atoms with Crippen molar-refractivity contribution in [3.63, 3.8) is 0 Å². The van der Waals surface area contributed by atoms with Gasteiger partial charge in [-0.1, -0.05) is 6.07 Å². The Labute approximate surface area is 162 Å². The number of hydrogen-bond acceptors (Lipinski definition) is 3. The lowest BCUT2D eigenvalue weighted by molar-refractivity contribution is 0.0567. The molecule has 3 heterocycles. The summed E-state index contributed by atoms with van der Waals surface area (Å²) < 4.78 is 39.6. The van der Waals surface area contributed by atoms with E-state index in [9.17, 15) is 13.6 Å². The predicted octanol–water partition coefficient (Wildman–Crippen LogP) is 4.29. The van der Waals surface area contributed by atoms with Crippen LogP contribution < -0.4 is 9.47 Å². The zero-order chi connectivity index (χ0) is 19.3. The Morgan fingerprint density at radius 3 is 2.25 bits per heavy atom.